The number of nitrogens with zero attached hydrogens (tertiary/aromatic N) is 2. The van der Waals surface area contributed by atoms with Crippen molar-refractivity contribution in [1.82, 2.24) is 10.3 Å². The molecule has 0 saturated heterocycles. The average Bonchev–Trinajstić information content (AvgIpc) is 2.77. The molecule has 0 amide bonds. The van der Waals surface area contributed by atoms with Crippen LogP contribution in [0.15, 0.2) is 0 Å². The van der Waals surface area contributed by atoms with Crippen molar-refractivity contribution >= 4 is 28.2 Å². The van der Waals surface area contributed by atoms with Crippen molar-refractivity contribution in [2.75, 3.05) is 30.5 Å². The molecular formula is C14H27N3S2. The van der Waals surface area contributed by atoms with Crippen molar-refractivity contribution in [2.45, 2.75) is 46.2 Å². The molecule has 3 nitrogen and oxygen atoms in total. The Labute approximate surface area is 126 Å². The number of hydrogen-bond acceptors (Lipinski definition) is 5. The van der Waals surface area contributed by atoms with E-state index in [1.807, 2.05) is 23.1 Å². The van der Waals surface area contributed by atoms with Crippen LogP contribution in [-0.2, 0) is 6.54 Å². The molecule has 19 heavy (non-hydrogen) atoms. The third kappa shape index (κ3) is 5.32. The van der Waals surface area contributed by atoms with Gasteiger partial charge in [-0.15, -0.1) is 11.3 Å². The van der Waals surface area contributed by atoms with E-state index in [1.165, 1.54) is 29.2 Å². The number of nitrogens with one attached hydrogen (secondary N) is 1. The molecule has 0 aliphatic rings. The summed E-state index contributed by atoms with van der Waals surface area (Å²) in [5.41, 5.74) is 1.17. The van der Waals surface area contributed by atoms with E-state index >= 15 is 0 Å². The van der Waals surface area contributed by atoms with Crippen LogP contribution in [0.2, 0.25) is 0 Å². The second kappa shape index (κ2) is 8.82. The van der Waals surface area contributed by atoms with Gasteiger partial charge in [0.1, 0.15) is 0 Å². The van der Waals surface area contributed by atoms with Gasteiger partial charge in [-0.05, 0) is 45.2 Å². The molecule has 0 fully saturated rings. The standard InChI is InChI=1S/C14H27N3S2/c1-6-8-15-10-13-12(3)16-14(19-13)17(4)11(2)7-9-18-5/h11,15H,6-10H2,1-5H3. The lowest BCUT2D eigenvalue weighted by atomic mass is 10.2. The molecule has 1 unspecified atom stereocenters. The van der Waals surface area contributed by atoms with Crippen molar-refractivity contribution in [3.8, 4) is 0 Å². The first kappa shape index (κ1) is 16.8. The maximum atomic E-state index is 4.72. The summed E-state index contributed by atoms with van der Waals surface area (Å²) < 4.78 is 0. The molecule has 0 aliphatic heterocycles. The Morgan fingerprint density at radius 1 is 1.47 bits per heavy atom. The molecule has 1 aromatic heterocycles. The van der Waals surface area contributed by atoms with Gasteiger partial charge in [0.2, 0.25) is 0 Å². The van der Waals surface area contributed by atoms with E-state index in [2.05, 4.69) is 44.3 Å². The highest BCUT2D eigenvalue weighted by molar-refractivity contribution is 7.98. The maximum absolute atomic E-state index is 4.72. The summed E-state index contributed by atoms with van der Waals surface area (Å²) in [6.45, 7) is 8.61. The Morgan fingerprint density at radius 2 is 2.21 bits per heavy atom. The smallest absolute Gasteiger partial charge is 0.185 e. The second-order valence-electron chi connectivity index (χ2n) is 4.92. The monoisotopic (exact) mass is 301 g/mol. The Morgan fingerprint density at radius 3 is 2.84 bits per heavy atom. The van der Waals surface area contributed by atoms with Gasteiger partial charge in [0.15, 0.2) is 5.13 Å². The molecule has 110 valence electrons. The van der Waals surface area contributed by atoms with E-state index in [0.29, 0.717) is 6.04 Å². The Kier molecular flexibility index (Phi) is 7.80. The zero-order valence-electron chi connectivity index (χ0n) is 12.8. The van der Waals surface area contributed by atoms with Crippen LogP contribution < -0.4 is 10.2 Å². The molecule has 1 N–H and O–H groups in total. The Balaban J connectivity index is 2.60. The van der Waals surface area contributed by atoms with E-state index in [0.717, 1.165) is 18.2 Å². The summed E-state index contributed by atoms with van der Waals surface area (Å²) in [5.74, 6) is 1.21. The second-order valence-corrected chi connectivity index (χ2v) is 6.97. The van der Waals surface area contributed by atoms with Crippen molar-refractivity contribution in [3.05, 3.63) is 10.6 Å². The minimum atomic E-state index is 0.550. The molecule has 5 heteroatoms. The summed E-state index contributed by atoms with van der Waals surface area (Å²) in [5, 5.41) is 4.61. The lowest BCUT2D eigenvalue weighted by molar-refractivity contribution is 0.666. The summed E-state index contributed by atoms with van der Waals surface area (Å²) in [6, 6.07) is 0.550. The first-order valence-corrected chi connectivity index (χ1v) is 9.20. The molecule has 1 aromatic rings. The lowest BCUT2D eigenvalue weighted by Crippen LogP contribution is -2.29. The number of thiazole rings is 1. The van der Waals surface area contributed by atoms with Crippen LogP contribution in [0.3, 0.4) is 0 Å². The highest BCUT2D eigenvalue weighted by Gasteiger charge is 2.15. The van der Waals surface area contributed by atoms with Crippen LogP contribution in [-0.4, -0.2) is 36.6 Å². The predicted octanol–water partition coefficient (Wildman–Crippen LogP) is 3.53. The van der Waals surface area contributed by atoms with Gasteiger partial charge in [-0.25, -0.2) is 4.98 Å². The number of thioether (sulfide) groups is 1. The molecule has 1 heterocycles. The topological polar surface area (TPSA) is 28.2 Å². The van der Waals surface area contributed by atoms with Crippen LogP contribution in [0.1, 0.15) is 37.3 Å². The number of aromatic nitrogens is 1. The van der Waals surface area contributed by atoms with Crippen molar-refractivity contribution in [2.24, 2.45) is 0 Å². The highest BCUT2D eigenvalue weighted by Crippen LogP contribution is 2.27. The third-order valence-corrected chi connectivity index (χ3v) is 5.19. The predicted molar refractivity (Wildman–Crippen MR) is 89.7 cm³/mol. The van der Waals surface area contributed by atoms with Gasteiger partial charge in [0.05, 0.1) is 5.69 Å². The van der Waals surface area contributed by atoms with E-state index in [4.69, 9.17) is 4.98 Å². The fraction of sp³-hybridized carbons (Fsp3) is 0.786. The van der Waals surface area contributed by atoms with E-state index in [9.17, 15) is 0 Å². The van der Waals surface area contributed by atoms with Gasteiger partial charge in [0, 0.05) is 24.5 Å². The summed E-state index contributed by atoms with van der Waals surface area (Å²) in [6.07, 6.45) is 4.55. The zero-order chi connectivity index (χ0) is 14.3. The number of anilines is 1. The van der Waals surface area contributed by atoms with Gasteiger partial charge in [-0.1, -0.05) is 6.92 Å². The third-order valence-electron chi connectivity index (χ3n) is 3.30. The van der Waals surface area contributed by atoms with E-state index < -0.39 is 0 Å². The van der Waals surface area contributed by atoms with Gasteiger partial charge in [-0.2, -0.15) is 11.8 Å². The fourth-order valence-electron chi connectivity index (χ4n) is 1.78. The first-order chi connectivity index (χ1) is 9.10. The highest BCUT2D eigenvalue weighted by atomic mass is 32.2. The van der Waals surface area contributed by atoms with Crippen LogP contribution in [0, 0.1) is 6.92 Å². The molecular weight excluding hydrogens is 274 g/mol. The van der Waals surface area contributed by atoms with Crippen molar-refractivity contribution < 1.29 is 0 Å². The molecule has 0 radical (unpaired) electrons. The molecule has 0 saturated carbocycles. The van der Waals surface area contributed by atoms with Crippen LogP contribution in [0.5, 0.6) is 0 Å². The van der Waals surface area contributed by atoms with Crippen LogP contribution in [0.4, 0.5) is 5.13 Å². The molecule has 0 bridgehead atoms. The normalized spacial score (nSPS) is 12.7. The van der Waals surface area contributed by atoms with Gasteiger partial charge in [-0.3, -0.25) is 0 Å². The minimum Gasteiger partial charge on any atom is -0.348 e. The molecule has 0 aliphatic carbocycles. The molecule has 0 spiro atoms. The summed E-state index contributed by atoms with van der Waals surface area (Å²) in [4.78, 5) is 8.40. The first-order valence-electron chi connectivity index (χ1n) is 6.98. The quantitative estimate of drug-likeness (QED) is 0.706. The largest absolute Gasteiger partial charge is 0.348 e. The fourth-order valence-corrected chi connectivity index (χ4v) is 3.45. The van der Waals surface area contributed by atoms with Crippen molar-refractivity contribution in [1.29, 1.82) is 0 Å². The van der Waals surface area contributed by atoms with E-state index in [1.54, 1.807) is 0 Å². The van der Waals surface area contributed by atoms with Gasteiger partial charge < -0.3 is 10.2 Å². The molecule has 0 aromatic carbocycles. The number of hydrogen-bond donors (Lipinski definition) is 1. The summed E-state index contributed by atoms with van der Waals surface area (Å²) >= 11 is 3.74. The minimum absolute atomic E-state index is 0.550. The molecule has 1 atom stereocenters. The Hall–Kier alpha value is -0.260. The number of rotatable bonds is 9. The van der Waals surface area contributed by atoms with Crippen LogP contribution >= 0.6 is 23.1 Å². The van der Waals surface area contributed by atoms with Crippen LogP contribution in [0.25, 0.3) is 0 Å². The SMILES string of the molecule is CCCNCc1sc(N(C)C(C)CCSC)nc1C. The van der Waals surface area contributed by atoms with Gasteiger partial charge in [0.25, 0.3) is 0 Å². The van der Waals surface area contributed by atoms with Crippen molar-refractivity contribution in [3.63, 3.8) is 0 Å². The lowest BCUT2D eigenvalue weighted by Gasteiger charge is -2.23. The van der Waals surface area contributed by atoms with Gasteiger partial charge >= 0.3 is 0 Å². The average molecular weight is 302 g/mol. The maximum Gasteiger partial charge on any atom is 0.185 e. The van der Waals surface area contributed by atoms with E-state index in [-0.39, 0.29) is 0 Å². The summed E-state index contributed by atoms with van der Waals surface area (Å²) in [7, 11) is 2.16. The number of aryl methyl sites for hydroxylation is 1. The zero-order valence-corrected chi connectivity index (χ0v) is 14.5. The Bertz CT molecular complexity index is 366. The molecule has 1 rings (SSSR count).